The van der Waals surface area contributed by atoms with E-state index in [0.29, 0.717) is 11.3 Å². The lowest BCUT2D eigenvalue weighted by Crippen LogP contribution is -2.48. The van der Waals surface area contributed by atoms with Crippen LogP contribution in [0.4, 0.5) is 0 Å². The number of nitrogens with one attached hydrogen (secondary N) is 1. The van der Waals surface area contributed by atoms with Crippen LogP contribution in [0, 0.1) is 11.3 Å². The van der Waals surface area contributed by atoms with Crippen molar-refractivity contribution in [3.8, 4) is 0 Å². The average Bonchev–Trinajstić information content (AvgIpc) is 2.69. The highest BCUT2D eigenvalue weighted by Gasteiger charge is 2.38. The molecule has 2 fully saturated rings. The van der Waals surface area contributed by atoms with Crippen LogP contribution in [-0.2, 0) is 4.74 Å². The van der Waals surface area contributed by atoms with Gasteiger partial charge >= 0.3 is 0 Å². The molecule has 0 radical (unpaired) electrons. The Morgan fingerprint density at radius 3 is 2.50 bits per heavy atom. The Labute approximate surface area is 123 Å². The fourth-order valence-corrected chi connectivity index (χ4v) is 3.47. The van der Waals surface area contributed by atoms with Crippen molar-refractivity contribution in [3.05, 3.63) is 0 Å². The second-order valence-electron chi connectivity index (χ2n) is 7.59. The zero-order chi connectivity index (χ0) is 14.6. The van der Waals surface area contributed by atoms with Crippen LogP contribution in [0.1, 0.15) is 40.0 Å². The Hall–Kier alpha value is -0.160. The van der Waals surface area contributed by atoms with Crippen molar-refractivity contribution in [1.29, 1.82) is 0 Å². The van der Waals surface area contributed by atoms with E-state index in [9.17, 15) is 5.11 Å². The van der Waals surface area contributed by atoms with Crippen LogP contribution in [0.2, 0.25) is 0 Å². The van der Waals surface area contributed by atoms with E-state index in [1.807, 2.05) is 6.92 Å². The smallest absolute Gasteiger partial charge is 0.0758 e. The number of rotatable bonds is 6. The van der Waals surface area contributed by atoms with E-state index in [2.05, 4.69) is 24.1 Å². The van der Waals surface area contributed by atoms with Gasteiger partial charge in [-0.05, 0) is 44.1 Å². The minimum atomic E-state index is -0.488. The molecule has 0 aliphatic carbocycles. The summed E-state index contributed by atoms with van der Waals surface area (Å²) in [6.45, 7) is 13.3. The molecule has 0 amide bonds. The molecular weight excluding hydrogens is 252 g/mol. The van der Waals surface area contributed by atoms with Crippen molar-refractivity contribution >= 4 is 0 Å². The molecular formula is C16H32N2O2. The van der Waals surface area contributed by atoms with Crippen LogP contribution in [0.5, 0.6) is 0 Å². The van der Waals surface area contributed by atoms with E-state index in [0.717, 1.165) is 65.2 Å². The first kappa shape index (κ1) is 16.2. The topological polar surface area (TPSA) is 44.7 Å². The number of nitrogens with zero attached hydrogens (tertiary/aromatic N) is 1. The first-order valence-corrected chi connectivity index (χ1v) is 8.14. The molecule has 2 rings (SSSR count). The third-order valence-corrected chi connectivity index (χ3v) is 4.70. The first-order valence-electron chi connectivity index (χ1n) is 8.14. The molecule has 0 saturated carbocycles. The predicted molar refractivity (Wildman–Crippen MR) is 81.9 cm³/mol. The zero-order valence-corrected chi connectivity index (χ0v) is 13.5. The summed E-state index contributed by atoms with van der Waals surface area (Å²) in [7, 11) is 0. The third-order valence-electron chi connectivity index (χ3n) is 4.70. The number of β-amino-alcohol motifs (C(OH)–C–C–N with tert-alkyl or cyclic N) is 1. The second-order valence-corrected chi connectivity index (χ2v) is 7.59. The molecule has 2 N–H and O–H groups in total. The Kier molecular flexibility index (Phi) is 5.46. The highest BCUT2D eigenvalue weighted by atomic mass is 16.5. The highest BCUT2D eigenvalue weighted by Crippen LogP contribution is 2.33. The number of likely N-dealkylation sites (tertiary alicyclic amines) is 1. The van der Waals surface area contributed by atoms with Crippen molar-refractivity contribution < 1.29 is 9.84 Å². The van der Waals surface area contributed by atoms with Crippen LogP contribution in [0.25, 0.3) is 0 Å². The van der Waals surface area contributed by atoms with E-state index < -0.39 is 5.60 Å². The first-order chi connectivity index (χ1) is 9.41. The summed E-state index contributed by atoms with van der Waals surface area (Å²) < 4.78 is 5.56. The molecule has 1 unspecified atom stereocenters. The maximum absolute atomic E-state index is 10.1. The molecule has 2 aliphatic rings. The van der Waals surface area contributed by atoms with Crippen LogP contribution < -0.4 is 5.32 Å². The van der Waals surface area contributed by atoms with Gasteiger partial charge in [-0.15, -0.1) is 0 Å². The Morgan fingerprint density at radius 1 is 1.25 bits per heavy atom. The molecule has 4 heteroatoms. The molecule has 4 nitrogen and oxygen atoms in total. The van der Waals surface area contributed by atoms with E-state index in [1.165, 1.54) is 0 Å². The lowest BCUT2D eigenvalue weighted by molar-refractivity contribution is -0.00641. The van der Waals surface area contributed by atoms with Crippen molar-refractivity contribution in [3.63, 3.8) is 0 Å². The van der Waals surface area contributed by atoms with Crippen LogP contribution in [0.15, 0.2) is 0 Å². The molecule has 20 heavy (non-hydrogen) atoms. The van der Waals surface area contributed by atoms with Crippen molar-refractivity contribution in [2.45, 2.75) is 45.6 Å². The molecule has 0 spiro atoms. The van der Waals surface area contributed by atoms with Crippen LogP contribution in [-0.4, -0.2) is 61.5 Å². The molecule has 0 aromatic heterocycles. The molecule has 2 heterocycles. The van der Waals surface area contributed by atoms with Gasteiger partial charge in [0.15, 0.2) is 0 Å². The zero-order valence-electron chi connectivity index (χ0n) is 13.5. The summed E-state index contributed by atoms with van der Waals surface area (Å²) in [4.78, 5) is 2.45. The Morgan fingerprint density at radius 2 is 1.95 bits per heavy atom. The van der Waals surface area contributed by atoms with Crippen molar-refractivity contribution in [1.82, 2.24) is 10.2 Å². The van der Waals surface area contributed by atoms with Gasteiger partial charge in [0.25, 0.3) is 0 Å². The molecule has 0 bridgehead atoms. The quantitative estimate of drug-likeness (QED) is 0.775. The van der Waals surface area contributed by atoms with Crippen LogP contribution in [0.3, 0.4) is 0 Å². The van der Waals surface area contributed by atoms with Crippen molar-refractivity contribution in [2.75, 3.05) is 45.9 Å². The van der Waals surface area contributed by atoms with Crippen molar-refractivity contribution in [2.24, 2.45) is 11.3 Å². The molecule has 0 aromatic carbocycles. The number of hydrogen-bond donors (Lipinski definition) is 2. The average molecular weight is 284 g/mol. The molecule has 2 saturated heterocycles. The third kappa shape index (κ3) is 4.69. The predicted octanol–water partition coefficient (Wildman–Crippen LogP) is 1.49. The lowest BCUT2D eigenvalue weighted by Gasteiger charge is -2.40. The van der Waals surface area contributed by atoms with Gasteiger partial charge in [0.05, 0.1) is 5.60 Å². The molecule has 1 atom stereocenters. The van der Waals surface area contributed by atoms with Gasteiger partial charge in [-0.2, -0.15) is 0 Å². The monoisotopic (exact) mass is 284 g/mol. The summed E-state index contributed by atoms with van der Waals surface area (Å²) in [6.07, 6.45) is 3.17. The normalized spacial score (nSPS) is 31.1. The summed E-state index contributed by atoms with van der Waals surface area (Å²) in [5, 5.41) is 13.8. The molecule has 0 aromatic rings. The van der Waals surface area contributed by atoms with Gasteiger partial charge in [0.1, 0.15) is 0 Å². The molecule has 2 aliphatic heterocycles. The van der Waals surface area contributed by atoms with Gasteiger partial charge in [-0.3, -0.25) is 4.90 Å². The van der Waals surface area contributed by atoms with E-state index >= 15 is 0 Å². The van der Waals surface area contributed by atoms with Gasteiger partial charge in [-0.25, -0.2) is 0 Å². The SMILES string of the molecule is CC(C)CNCC1(CN2CCC(C)(O)C2)CCOCC1. The van der Waals surface area contributed by atoms with Gasteiger partial charge in [-0.1, -0.05) is 13.8 Å². The largest absolute Gasteiger partial charge is 0.389 e. The minimum absolute atomic E-state index is 0.327. The van der Waals surface area contributed by atoms with Gasteiger partial charge in [0.2, 0.25) is 0 Å². The van der Waals surface area contributed by atoms with E-state index in [4.69, 9.17) is 4.74 Å². The number of ether oxygens (including phenoxy) is 1. The minimum Gasteiger partial charge on any atom is -0.389 e. The second kappa shape index (κ2) is 6.73. The van der Waals surface area contributed by atoms with Gasteiger partial charge < -0.3 is 15.2 Å². The standard InChI is InChI=1S/C16H32N2O2/c1-14(2)10-17-11-16(5-8-20-9-6-16)13-18-7-4-15(3,19)12-18/h14,17,19H,4-13H2,1-3H3. The fourth-order valence-electron chi connectivity index (χ4n) is 3.47. The summed E-state index contributed by atoms with van der Waals surface area (Å²) >= 11 is 0. The van der Waals surface area contributed by atoms with E-state index in [-0.39, 0.29) is 0 Å². The maximum atomic E-state index is 10.1. The summed E-state index contributed by atoms with van der Waals surface area (Å²) in [5.74, 6) is 0.694. The number of aliphatic hydroxyl groups is 1. The lowest BCUT2D eigenvalue weighted by atomic mass is 9.79. The molecule has 118 valence electrons. The van der Waals surface area contributed by atoms with E-state index in [1.54, 1.807) is 0 Å². The van der Waals surface area contributed by atoms with Crippen LogP contribution >= 0.6 is 0 Å². The highest BCUT2D eigenvalue weighted by molar-refractivity contribution is 4.93. The maximum Gasteiger partial charge on any atom is 0.0758 e. The fraction of sp³-hybridized carbons (Fsp3) is 1.00. The number of hydrogen-bond acceptors (Lipinski definition) is 4. The summed E-state index contributed by atoms with van der Waals surface area (Å²) in [5.41, 5.74) is -0.161. The Bertz CT molecular complexity index is 299. The van der Waals surface area contributed by atoms with Gasteiger partial charge in [0, 0.05) is 39.4 Å². The summed E-state index contributed by atoms with van der Waals surface area (Å²) in [6, 6.07) is 0. The Balaban J connectivity index is 1.89.